The number of H-pyrrole nitrogens is 1. The zero-order valence-electron chi connectivity index (χ0n) is 13.2. The zero-order valence-corrected chi connectivity index (χ0v) is 13.2. The largest absolute Gasteiger partial charge is 0.361 e. The van der Waals surface area contributed by atoms with Crippen molar-refractivity contribution in [2.75, 3.05) is 6.54 Å². The summed E-state index contributed by atoms with van der Waals surface area (Å²) < 4.78 is 13.2. The lowest BCUT2D eigenvalue weighted by Gasteiger charge is -2.07. The van der Waals surface area contributed by atoms with Crippen LogP contribution in [0.4, 0.5) is 4.39 Å². The number of carbonyl (C=O) groups is 1. The minimum absolute atomic E-state index is 0.0704. The monoisotopic (exact) mass is 310 g/mol. The van der Waals surface area contributed by atoms with Gasteiger partial charge >= 0.3 is 0 Å². The molecule has 0 aliphatic carbocycles. The number of carbonyl (C=O) groups excluding carboxylic acids is 1. The van der Waals surface area contributed by atoms with Gasteiger partial charge in [0.15, 0.2) is 0 Å². The van der Waals surface area contributed by atoms with Gasteiger partial charge in [0.2, 0.25) is 0 Å². The van der Waals surface area contributed by atoms with Gasteiger partial charge in [0.25, 0.3) is 5.91 Å². The Balaban J connectivity index is 1.64. The van der Waals surface area contributed by atoms with Crippen molar-refractivity contribution in [2.45, 2.75) is 20.3 Å². The van der Waals surface area contributed by atoms with E-state index >= 15 is 0 Å². The van der Waals surface area contributed by atoms with Crippen LogP contribution in [0.1, 0.15) is 27.0 Å². The summed E-state index contributed by atoms with van der Waals surface area (Å²) in [6.45, 7) is 4.56. The Morgan fingerprint density at radius 1 is 1.13 bits per heavy atom. The molecule has 0 unspecified atom stereocenters. The highest BCUT2D eigenvalue weighted by molar-refractivity contribution is 5.94. The van der Waals surface area contributed by atoms with E-state index in [2.05, 4.69) is 10.3 Å². The summed E-state index contributed by atoms with van der Waals surface area (Å²) in [6, 6.07) is 10.4. The average molecular weight is 310 g/mol. The predicted molar refractivity (Wildman–Crippen MR) is 90.2 cm³/mol. The molecule has 2 aromatic carbocycles. The van der Waals surface area contributed by atoms with Crippen LogP contribution in [0.15, 0.2) is 42.6 Å². The third-order valence-corrected chi connectivity index (χ3v) is 4.18. The number of hydrogen-bond acceptors (Lipinski definition) is 1. The highest BCUT2D eigenvalue weighted by Gasteiger charge is 2.08. The molecule has 0 aliphatic heterocycles. The molecule has 0 radical (unpaired) electrons. The maximum atomic E-state index is 13.2. The molecule has 2 N–H and O–H groups in total. The number of aryl methyl sites for hydroxylation is 2. The molecule has 0 atom stereocenters. The molecule has 0 fully saturated rings. The van der Waals surface area contributed by atoms with Crippen LogP contribution < -0.4 is 5.32 Å². The first-order valence-electron chi connectivity index (χ1n) is 7.65. The van der Waals surface area contributed by atoms with Gasteiger partial charge in [0, 0.05) is 29.2 Å². The number of amides is 1. The second-order valence-corrected chi connectivity index (χ2v) is 5.81. The van der Waals surface area contributed by atoms with Gasteiger partial charge in [0.1, 0.15) is 5.82 Å². The summed E-state index contributed by atoms with van der Waals surface area (Å²) in [6.07, 6.45) is 2.56. The van der Waals surface area contributed by atoms with Crippen LogP contribution in [0.2, 0.25) is 0 Å². The average Bonchev–Trinajstić information content (AvgIpc) is 2.92. The molecule has 0 aliphatic rings. The van der Waals surface area contributed by atoms with Crippen LogP contribution in [0.25, 0.3) is 10.9 Å². The number of aromatic amines is 1. The minimum atomic E-state index is -0.256. The number of hydrogen-bond donors (Lipinski definition) is 2. The first kappa shape index (κ1) is 15.3. The third kappa shape index (κ3) is 3.26. The van der Waals surface area contributed by atoms with Crippen molar-refractivity contribution >= 4 is 16.8 Å². The minimum Gasteiger partial charge on any atom is -0.361 e. The third-order valence-electron chi connectivity index (χ3n) is 4.18. The molecule has 23 heavy (non-hydrogen) atoms. The molecule has 1 heterocycles. The van der Waals surface area contributed by atoms with E-state index in [0.717, 1.165) is 22.0 Å². The van der Waals surface area contributed by atoms with Crippen molar-refractivity contribution in [3.05, 3.63) is 70.7 Å². The molecule has 0 saturated heterocycles. The van der Waals surface area contributed by atoms with Gasteiger partial charge in [-0.05, 0) is 67.3 Å². The van der Waals surface area contributed by atoms with E-state index in [-0.39, 0.29) is 11.7 Å². The SMILES string of the molecule is Cc1ccc(C(=O)NCCc2c[nH]c3cc(F)ccc23)cc1C. The normalized spacial score (nSPS) is 10.9. The van der Waals surface area contributed by atoms with Crippen LogP contribution in [0.5, 0.6) is 0 Å². The van der Waals surface area contributed by atoms with E-state index in [1.807, 2.05) is 38.2 Å². The van der Waals surface area contributed by atoms with Crippen molar-refractivity contribution in [1.29, 1.82) is 0 Å². The van der Waals surface area contributed by atoms with Gasteiger partial charge < -0.3 is 10.3 Å². The van der Waals surface area contributed by atoms with Crippen molar-refractivity contribution in [3.8, 4) is 0 Å². The van der Waals surface area contributed by atoms with Crippen LogP contribution >= 0.6 is 0 Å². The van der Waals surface area contributed by atoms with E-state index in [1.54, 1.807) is 6.07 Å². The van der Waals surface area contributed by atoms with Gasteiger partial charge in [-0.2, -0.15) is 0 Å². The van der Waals surface area contributed by atoms with E-state index in [0.29, 0.717) is 18.5 Å². The Kier molecular flexibility index (Phi) is 4.15. The second-order valence-electron chi connectivity index (χ2n) is 5.81. The van der Waals surface area contributed by atoms with Gasteiger partial charge in [-0.15, -0.1) is 0 Å². The lowest BCUT2D eigenvalue weighted by atomic mass is 10.1. The standard InChI is InChI=1S/C19H19FN2O/c1-12-3-4-14(9-13(12)2)19(23)21-8-7-15-11-22-18-10-16(20)5-6-17(15)18/h3-6,9-11,22H,7-8H2,1-2H3,(H,21,23). The fourth-order valence-corrected chi connectivity index (χ4v) is 2.66. The van der Waals surface area contributed by atoms with Crippen molar-refractivity contribution in [3.63, 3.8) is 0 Å². The Labute approximate surface area is 134 Å². The van der Waals surface area contributed by atoms with Crippen molar-refractivity contribution in [1.82, 2.24) is 10.3 Å². The summed E-state index contributed by atoms with van der Waals surface area (Å²) in [7, 11) is 0. The highest BCUT2D eigenvalue weighted by Crippen LogP contribution is 2.19. The quantitative estimate of drug-likeness (QED) is 0.754. The molecule has 118 valence electrons. The second kappa shape index (κ2) is 6.24. The summed E-state index contributed by atoms with van der Waals surface area (Å²) in [5.41, 5.74) is 4.80. The maximum Gasteiger partial charge on any atom is 0.251 e. The zero-order chi connectivity index (χ0) is 16.4. The van der Waals surface area contributed by atoms with Gasteiger partial charge in [0.05, 0.1) is 0 Å². The molecule has 4 heteroatoms. The smallest absolute Gasteiger partial charge is 0.251 e. The Morgan fingerprint density at radius 3 is 2.74 bits per heavy atom. The molecular formula is C19H19FN2O. The Hall–Kier alpha value is -2.62. The lowest BCUT2D eigenvalue weighted by Crippen LogP contribution is -2.25. The molecule has 3 aromatic rings. The summed E-state index contributed by atoms with van der Waals surface area (Å²) in [4.78, 5) is 15.2. The topological polar surface area (TPSA) is 44.9 Å². The molecule has 1 amide bonds. The first-order valence-corrected chi connectivity index (χ1v) is 7.65. The number of aromatic nitrogens is 1. The lowest BCUT2D eigenvalue weighted by molar-refractivity contribution is 0.0954. The molecule has 3 nitrogen and oxygen atoms in total. The van der Waals surface area contributed by atoms with E-state index in [9.17, 15) is 9.18 Å². The molecular weight excluding hydrogens is 291 g/mol. The highest BCUT2D eigenvalue weighted by atomic mass is 19.1. The summed E-state index contributed by atoms with van der Waals surface area (Å²) >= 11 is 0. The van der Waals surface area contributed by atoms with Crippen LogP contribution in [-0.4, -0.2) is 17.4 Å². The Morgan fingerprint density at radius 2 is 1.96 bits per heavy atom. The maximum absolute atomic E-state index is 13.2. The fraction of sp³-hybridized carbons (Fsp3) is 0.211. The molecule has 1 aromatic heterocycles. The van der Waals surface area contributed by atoms with Crippen molar-refractivity contribution in [2.24, 2.45) is 0 Å². The van der Waals surface area contributed by atoms with E-state index in [4.69, 9.17) is 0 Å². The summed E-state index contributed by atoms with van der Waals surface area (Å²) in [5, 5.41) is 3.93. The predicted octanol–water partition coefficient (Wildman–Crippen LogP) is 3.90. The van der Waals surface area contributed by atoms with Gasteiger partial charge in [-0.3, -0.25) is 4.79 Å². The molecule has 0 spiro atoms. The summed E-state index contributed by atoms with van der Waals surface area (Å²) in [5.74, 6) is -0.326. The van der Waals surface area contributed by atoms with Crippen LogP contribution in [0.3, 0.4) is 0 Å². The van der Waals surface area contributed by atoms with E-state index in [1.165, 1.54) is 17.7 Å². The number of rotatable bonds is 4. The fourth-order valence-electron chi connectivity index (χ4n) is 2.66. The van der Waals surface area contributed by atoms with Crippen LogP contribution in [-0.2, 0) is 6.42 Å². The van der Waals surface area contributed by atoms with Crippen molar-refractivity contribution < 1.29 is 9.18 Å². The molecule has 3 rings (SSSR count). The number of benzene rings is 2. The number of fused-ring (bicyclic) bond motifs is 1. The molecule has 0 saturated carbocycles. The van der Waals surface area contributed by atoms with Crippen LogP contribution in [0, 0.1) is 19.7 Å². The Bertz CT molecular complexity index is 867. The first-order chi connectivity index (χ1) is 11.0. The number of halogens is 1. The molecule has 0 bridgehead atoms. The van der Waals surface area contributed by atoms with Gasteiger partial charge in [-0.25, -0.2) is 4.39 Å². The number of nitrogens with one attached hydrogen (secondary N) is 2. The van der Waals surface area contributed by atoms with Gasteiger partial charge in [-0.1, -0.05) is 6.07 Å². The van der Waals surface area contributed by atoms with E-state index < -0.39 is 0 Å².